The zero-order chi connectivity index (χ0) is 15.3. The van der Waals surface area contributed by atoms with Crippen molar-refractivity contribution in [2.24, 2.45) is 0 Å². The average Bonchev–Trinajstić information content (AvgIpc) is 2.47. The van der Waals surface area contributed by atoms with Crippen LogP contribution in [0.5, 0.6) is 0 Å². The van der Waals surface area contributed by atoms with E-state index in [1.807, 2.05) is 0 Å². The highest BCUT2D eigenvalue weighted by Crippen LogP contribution is 2.22. The summed E-state index contributed by atoms with van der Waals surface area (Å²) in [4.78, 5) is 2.64. The monoisotopic (exact) mass is 375 g/mol. The van der Waals surface area contributed by atoms with Crippen molar-refractivity contribution in [2.75, 3.05) is 31.9 Å². The number of hydrogen-bond donors (Lipinski definition) is 2. The van der Waals surface area contributed by atoms with Gasteiger partial charge in [-0.3, -0.25) is 0 Å². The van der Waals surface area contributed by atoms with Crippen LogP contribution in [-0.4, -0.2) is 39.5 Å². The number of piperidine rings is 1. The molecule has 5 nitrogen and oxygen atoms in total. The standard InChI is InChI=1S/C14H22BrN3O2S/c15-13-11-12(5-6-14(13)16)21(19,20)17-7-4-10-18-8-2-1-3-9-18/h5-6,11,17H,1-4,7-10,16H2. The smallest absolute Gasteiger partial charge is 0.240 e. The van der Waals surface area contributed by atoms with Gasteiger partial charge in [-0.05, 0) is 73.0 Å². The number of sulfonamides is 1. The summed E-state index contributed by atoms with van der Waals surface area (Å²) in [6.45, 7) is 3.68. The van der Waals surface area contributed by atoms with Crippen molar-refractivity contribution < 1.29 is 8.42 Å². The highest BCUT2D eigenvalue weighted by Gasteiger charge is 2.15. The number of benzene rings is 1. The van der Waals surface area contributed by atoms with E-state index in [4.69, 9.17) is 5.73 Å². The second-order valence-electron chi connectivity index (χ2n) is 5.34. The van der Waals surface area contributed by atoms with E-state index in [1.165, 1.54) is 31.4 Å². The predicted octanol–water partition coefficient (Wildman–Crippen LogP) is 2.19. The molecule has 1 aromatic rings. The molecule has 1 aromatic carbocycles. The Morgan fingerprint density at radius 3 is 2.62 bits per heavy atom. The van der Waals surface area contributed by atoms with Gasteiger partial charge in [-0.15, -0.1) is 0 Å². The summed E-state index contributed by atoms with van der Waals surface area (Å²) in [5.41, 5.74) is 6.20. The Kier molecular flexibility index (Phi) is 6.04. The van der Waals surface area contributed by atoms with Crippen LogP contribution in [-0.2, 0) is 10.0 Å². The first-order chi connectivity index (χ1) is 9.99. The van der Waals surface area contributed by atoms with Gasteiger partial charge < -0.3 is 10.6 Å². The maximum atomic E-state index is 12.2. The molecule has 1 aliphatic heterocycles. The molecular formula is C14H22BrN3O2S. The van der Waals surface area contributed by atoms with Crippen molar-refractivity contribution in [2.45, 2.75) is 30.6 Å². The molecule has 0 unspecified atom stereocenters. The van der Waals surface area contributed by atoms with Gasteiger partial charge in [0.15, 0.2) is 0 Å². The van der Waals surface area contributed by atoms with Crippen LogP contribution in [0.25, 0.3) is 0 Å². The largest absolute Gasteiger partial charge is 0.398 e. The fourth-order valence-electron chi connectivity index (χ4n) is 2.45. The molecule has 0 amide bonds. The van der Waals surface area contributed by atoms with Crippen molar-refractivity contribution in [1.82, 2.24) is 9.62 Å². The number of halogens is 1. The van der Waals surface area contributed by atoms with Crippen molar-refractivity contribution in [1.29, 1.82) is 0 Å². The minimum atomic E-state index is -3.46. The zero-order valence-corrected chi connectivity index (χ0v) is 14.4. The molecule has 1 aliphatic rings. The molecule has 0 radical (unpaired) electrons. The molecule has 7 heteroatoms. The molecule has 118 valence electrons. The van der Waals surface area contributed by atoms with Gasteiger partial charge in [-0.2, -0.15) is 0 Å². The van der Waals surface area contributed by atoms with Gasteiger partial charge in [0.1, 0.15) is 0 Å². The van der Waals surface area contributed by atoms with Crippen LogP contribution < -0.4 is 10.5 Å². The van der Waals surface area contributed by atoms with Gasteiger partial charge in [-0.25, -0.2) is 13.1 Å². The van der Waals surface area contributed by atoms with E-state index in [1.54, 1.807) is 6.07 Å². The number of likely N-dealkylation sites (tertiary alicyclic amines) is 1. The van der Waals surface area contributed by atoms with Crippen molar-refractivity contribution in [3.05, 3.63) is 22.7 Å². The van der Waals surface area contributed by atoms with E-state index in [9.17, 15) is 8.42 Å². The fraction of sp³-hybridized carbons (Fsp3) is 0.571. The molecule has 1 heterocycles. The van der Waals surface area contributed by atoms with Crippen LogP contribution in [0, 0.1) is 0 Å². The molecule has 0 bridgehead atoms. The van der Waals surface area contributed by atoms with Gasteiger partial charge in [0.05, 0.1) is 4.90 Å². The minimum absolute atomic E-state index is 0.238. The summed E-state index contributed by atoms with van der Waals surface area (Å²) < 4.78 is 27.6. The first-order valence-corrected chi connectivity index (χ1v) is 9.54. The van der Waals surface area contributed by atoms with Crippen molar-refractivity contribution in [3.8, 4) is 0 Å². The molecule has 0 atom stereocenters. The summed E-state index contributed by atoms with van der Waals surface area (Å²) >= 11 is 3.25. The van der Waals surface area contributed by atoms with Gasteiger partial charge >= 0.3 is 0 Å². The third kappa shape index (κ3) is 4.95. The molecule has 3 N–H and O–H groups in total. The molecule has 1 fully saturated rings. The Morgan fingerprint density at radius 1 is 1.24 bits per heavy atom. The van der Waals surface area contributed by atoms with Crippen LogP contribution in [0.3, 0.4) is 0 Å². The molecule has 2 rings (SSSR count). The lowest BCUT2D eigenvalue weighted by molar-refractivity contribution is 0.227. The van der Waals surface area contributed by atoms with Gasteiger partial charge in [-0.1, -0.05) is 6.42 Å². The highest BCUT2D eigenvalue weighted by molar-refractivity contribution is 9.10. The first kappa shape index (κ1) is 16.7. The van der Waals surface area contributed by atoms with Crippen LogP contribution in [0.1, 0.15) is 25.7 Å². The molecular weight excluding hydrogens is 354 g/mol. The number of anilines is 1. The fourth-order valence-corrected chi connectivity index (χ4v) is 4.08. The zero-order valence-electron chi connectivity index (χ0n) is 12.0. The Balaban J connectivity index is 1.82. The number of nitrogens with one attached hydrogen (secondary N) is 1. The second-order valence-corrected chi connectivity index (χ2v) is 7.96. The van der Waals surface area contributed by atoms with E-state index in [-0.39, 0.29) is 4.90 Å². The van der Waals surface area contributed by atoms with E-state index in [2.05, 4.69) is 25.6 Å². The molecule has 0 aliphatic carbocycles. The van der Waals surface area contributed by atoms with E-state index in [0.29, 0.717) is 16.7 Å². The quantitative estimate of drug-likeness (QED) is 0.590. The molecule has 0 spiro atoms. The van der Waals surface area contributed by atoms with Crippen LogP contribution in [0.2, 0.25) is 0 Å². The van der Waals surface area contributed by atoms with E-state index in [0.717, 1.165) is 26.1 Å². The second kappa shape index (κ2) is 7.58. The summed E-state index contributed by atoms with van der Waals surface area (Å²) in [7, 11) is -3.46. The predicted molar refractivity (Wildman–Crippen MR) is 88.7 cm³/mol. The number of nitrogens with two attached hydrogens (primary N) is 1. The van der Waals surface area contributed by atoms with Gasteiger partial charge in [0.2, 0.25) is 10.0 Å². The summed E-state index contributed by atoms with van der Waals surface area (Å²) in [6, 6.07) is 4.64. The molecule has 1 saturated heterocycles. The SMILES string of the molecule is Nc1ccc(S(=O)(=O)NCCCN2CCCCC2)cc1Br. The lowest BCUT2D eigenvalue weighted by atomic mass is 10.1. The first-order valence-electron chi connectivity index (χ1n) is 7.26. The Hall–Kier alpha value is -0.630. The topological polar surface area (TPSA) is 75.4 Å². The third-order valence-corrected chi connectivity index (χ3v) is 5.82. The van der Waals surface area contributed by atoms with Crippen LogP contribution in [0.4, 0.5) is 5.69 Å². The van der Waals surface area contributed by atoms with Crippen molar-refractivity contribution >= 4 is 31.6 Å². The van der Waals surface area contributed by atoms with Crippen LogP contribution in [0.15, 0.2) is 27.6 Å². The summed E-state index contributed by atoms with van der Waals surface area (Å²) in [6.07, 6.45) is 4.65. The number of nitrogens with zero attached hydrogens (tertiary/aromatic N) is 1. The number of hydrogen-bond acceptors (Lipinski definition) is 4. The number of nitrogen functional groups attached to an aromatic ring is 1. The maximum absolute atomic E-state index is 12.2. The molecule has 0 saturated carbocycles. The highest BCUT2D eigenvalue weighted by atomic mass is 79.9. The minimum Gasteiger partial charge on any atom is -0.398 e. The van der Waals surface area contributed by atoms with E-state index < -0.39 is 10.0 Å². The molecule has 0 aromatic heterocycles. The van der Waals surface area contributed by atoms with Gasteiger partial charge in [0, 0.05) is 16.7 Å². The lowest BCUT2D eigenvalue weighted by Gasteiger charge is -2.26. The molecule has 21 heavy (non-hydrogen) atoms. The van der Waals surface area contributed by atoms with Crippen molar-refractivity contribution in [3.63, 3.8) is 0 Å². The Bertz CT molecular complexity index is 572. The normalized spacial score (nSPS) is 17.0. The van der Waals surface area contributed by atoms with Crippen LogP contribution >= 0.6 is 15.9 Å². The summed E-state index contributed by atoms with van der Waals surface area (Å²) in [5.74, 6) is 0. The maximum Gasteiger partial charge on any atom is 0.240 e. The van der Waals surface area contributed by atoms with E-state index >= 15 is 0 Å². The summed E-state index contributed by atoms with van der Waals surface area (Å²) in [5, 5.41) is 0. The Labute approximate surface area is 135 Å². The van der Waals surface area contributed by atoms with Gasteiger partial charge in [0.25, 0.3) is 0 Å². The average molecular weight is 376 g/mol. The lowest BCUT2D eigenvalue weighted by Crippen LogP contribution is -2.33. The third-order valence-electron chi connectivity index (χ3n) is 3.67. The number of rotatable bonds is 6. The Morgan fingerprint density at radius 2 is 1.95 bits per heavy atom.